The van der Waals surface area contributed by atoms with Gasteiger partial charge >= 0.3 is 0 Å². The normalized spacial score (nSPS) is 13.9. The highest BCUT2D eigenvalue weighted by Gasteiger charge is 2.51. The van der Waals surface area contributed by atoms with Crippen molar-refractivity contribution in [2.45, 2.75) is 32.1 Å². The van der Waals surface area contributed by atoms with Crippen molar-refractivity contribution in [2.75, 3.05) is 17.7 Å². The summed E-state index contributed by atoms with van der Waals surface area (Å²) in [5.41, 5.74) is 4.44. The van der Waals surface area contributed by atoms with E-state index in [-0.39, 0.29) is 11.8 Å². The molecule has 1 aliphatic rings. The van der Waals surface area contributed by atoms with E-state index in [4.69, 9.17) is 0 Å². The van der Waals surface area contributed by atoms with E-state index >= 15 is 0 Å². The summed E-state index contributed by atoms with van der Waals surface area (Å²) in [5.74, 6) is 0.153. The lowest BCUT2D eigenvalue weighted by molar-refractivity contribution is -0.118. The van der Waals surface area contributed by atoms with E-state index in [1.165, 1.54) is 6.20 Å². The molecule has 1 heterocycles. The van der Waals surface area contributed by atoms with E-state index in [1.807, 2.05) is 62.4 Å². The average Bonchev–Trinajstić information content (AvgIpc) is 3.58. The van der Waals surface area contributed by atoms with Crippen LogP contribution in [0.25, 0.3) is 0 Å². The maximum atomic E-state index is 13.3. The third-order valence-electron chi connectivity index (χ3n) is 5.81. The fraction of sp³-hybridized carbons (Fsp3) is 0.240. The first kappa shape index (κ1) is 20.6. The van der Waals surface area contributed by atoms with E-state index in [1.54, 1.807) is 13.1 Å². The van der Waals surface area contributed by atoms with Gasteiger partial charge in [0.25, 0.3) is 5.91 Å². The average molecular weight is 415 g/mol. The second-order valence-corrected chi connectivity index (χ2v) is 8.04. The van der Waals surface area contributed by atoms with Crippen molar-refractivity contribution in [3.8, 4) is 0 Å². The number of aromatic nitrogens is 1. The monoisotopic (exact) mass is 414 g/mol. The number of carbonyl (C=O) groups is 2. The minimum atomic E-state index is -0.531. The van der Waals surface area contributed by atoms with Crippen LogP contribution in [0.4, 0.5) is 17.2 Å². The van der Waals surface area contributed by atoms with Gasteiger partial charge in [-0.05, 0) is 49.9 Å². The predicted octanol–water partition coefficient (Wildman–Crippen LogP) is 4.47. The Morgan fingerprint density at radius 1 is 0.968 bits per heavy atom. The molecule has 0 unspecified atom stereocenters. The van der Waals surface area contributed by atoms with Gasteiger partial charge in [0.05, 0.1) is 16.7 Å². The molecule has 3 aromatic rings. The van der Waals surface area contributed by atoms with E-state index in [0.29, 0.717) is 17.1 Å². The number of amides is 2. The Morgan fingerprint density at radius 2 is 1.68 bits per heavy atom. The highest BCUT2D eigenvalue weighted by Crippen LogP contribution is 2.49. The number of benzene rings is 2. The molecule has 1 aliphatic carbocycles. The predicted molar refractivity (Wildman–Crippen MR) is 123 cm³/mol. The van der Waals surface area contributed by atoms with Crippen molar-refractivity contribution in [3.63, 3.8) is 0 Å². The van der Waals surface area contributed by atoms with E-state index in [0.717, 1.165) is 35.2 Å². The topological polar surface area (TPSA) is 83.1 Å². The lowest BCUT2D eigenvalue weighted by Gasteiger charge is -2.19. The minimum absolute atomic E-state index is 0.0833. The third-order valence-corrected chi connectivity index (χ3v) is 5.81. The summed E-state index contributed by atoms with van der Waals surface area (Å²) >= 11 is 0. The number of hydrogen-bond donors (Lipinski definition) is 3. The van der Waals surface area contributed by atoms with Gasteiger partial charge in [0, 0.05) is 18.9 Å². The maximum absolute atomic E-state index is 13.3. The first-order chi connectivity index (χ1) is 14.9. The van der Waals surface area contributed by atoms with Crippen LogP contribution < -0.4 is 16.0 Å². The van der Waals surface area contributed by atoms with Crippen LogP contribution in [-0.4, -0.2) is 23.8 Å². The van der Waals surface area contributed by atoms with E-state index < -0.39 is 5.41 Å². The zero-order valence-electron chi connectivity index (χ0n) is 18.0. The molecule has 0 bridgehead atoms. The standard InChI is InChI=1S/C25H26N4O2/c1-16-8-10-19(11-9-16)25(12-13-25)24(31)29-21-14-18(23(30)26-3)15-27-22(21)28-20-7-5-4-6-17(20)2/h4-11,14-15H,12-13H2,1-3H3,(H,26,30)(H,27,28)(H,29,31). The molecule has 6 nitrogen and oxygen atoms in total. The summed E-state index contributed by atoms with van der Waals surface area (Å²) in [4.78, 5) is 29.9. The zero-order chi connectivity index (χ0) is 22.0. The summed E-state index contributed by atoms with van der Waals surface area (Å²) in [5, 5.41) is 8.94. The molecule has 0 radical (unpaired) electrons. The van der Waals surface area contributed by atoms with E-state index in [9.17, 15) is 9.59 Å². The summed E-state index contributed by atoms with van der Waals surface area (Å²) in [6.07, 6.45) is 3.10. The Kier molecular flexibility index (Phi) is 5.46. The summed E-state index contributed by atoms with van der Waals surface area (Å²) in [6, 6.07) is 17.6. The number of anilines is 3. The van der Waals surface area contributed by atoms with Gasteiger partial charge in [0.2, 0.25) is 5.91 Å². The molecule has 0 aliphatic heterocycles. The van der Waals surface area contributed by atoms with Crippen molar-refractivity contribution >= 4 is 29.0 Å². The lowest BCUT2D eigenvalue weighted by atomic mass is 9.94. The SMILES string of the molecule is CNC(=O)c1cnc(Nc2ccccc2C)c(NC(=O)C2(c3ccc(C)cc3)CC2)c1. The van der Waals surface area contributed by atoms with Crippen LogP contribution in [0.2, 0.25) is 0 Å². The first-order valence-electron chi connectivity index (χ1n) is 10.4. The van der Waals surface area contributed by atoms with Crippen LogP contribution in [0.15, 0.2) is 60.8 Å². The van der Waals surface area contributed by atoms with Gasteiger partial charge in [-0.1, -0.05) is 48.0 Å². The second-order valence-electron chi connectivity index (χ2n) is 8.04. The van der Waals surface area contributed by atoms with Crippen molar-refractivity contribution in [2.24, 2.45) is 0 Å². The smallest absolute Gasteiger partial charge is 0.252 e. The van der Waals surface area contributed by atoms with Crippen LogP contribution >= 0.6 is 0 Å². The first-order valence-corrected chi connectivity index (χ1v) is 10.4. The van der Waals surface area contributed by atoms with Crippen LogP contribution in [0.3, 0.4) is 0 Å². The molecular formula is C25H26N4O2. The Hall–Kier alpha value is -3.67. The summed E-state index contributed by atoms with van der Waals surface area (Å²) in [7, 11) is 1.57. The molecule has 1 aromatic heterocycles. The number of nitrogens with one attached hydrogen (secondary N) is 3. The molecule has 4 rings (SSSR count). The van der Waals surface area contributed by atoms with Gasteiger partial charge in [-0.2, -0.15) is 0 Å². The van der Waals surface area contributed by atoms with Crippen molar-refractivity contribution < 1.29 is 9.59 Å². The molecule has 6 heteroatoms. The van der Waals surface area contributed by atoms with Crippen molar-refractivity contribution in [1.82, 2.24) is 10.3 Å². The van der Waals surface area contributed by atoms with Gasteiger partial charge in [-0.25, -0.2) is 4.98 Å². The second kappa shape index (κ2) is 8.22. The molecule has 0 saturated heterocycles. The number of aryl methyl sites for hydroxylation is 2. The van der Waals surface area contributed by atoms with Crippen molar-refractivity contribution in [3.05, 3.63) is 83.0 Å². The third kappa shape index (κ3) is 4.14. The number of para-hydroxylation sites is 1. The van der Waals surface area contributed by atoms with Gasteiger partial charge in [0.1, 0.15) is 0 Å². The quantitative estimate of drug-likeness (QED) is 0.556. The minimum Gasteiger partial charge on any atom is -0.355 e. The number of rotatable bonds is 6. The Bertz CT molecular complexity index is 1130. The van der Waals surface area contributed by atoms with Gasteiger partial charge in [-0.15, -0.1) is 0 Å². The number of pyridine rings is 1. The van der Waals surface area contributed by atoms with Gasteiger partial charge in [0.15, 0.2) is 5.82 Å². The fourth-order valence-electron chi connectivity index (χ4n) is 3.66. The summed E-state index contributed by atoms with van der Waals surface area (Å²) < 4.78 is 0. The fourth-order valence-corrected chi connectivity index (χ4v) is 3.66. The van der Waals surface area contributed by atoms with E-state index in [2.05, 4.69) is 20.9 Å². The molecule has 2 aromatic carbocycles. The molecule has 0 spiro atoms. The molecule has 31 heavy (non-hydrogen) atoms. The number of nitrogens with zero attached hydrogens (tertiary/aromatic N) is 1. The van der Waals surface area contributed by atoms with Crippen LogP contribution in [0, 0.1) is 13.8 Å². The molecule has 1 fully saturated rings. The highest BCUT2D eigenvalue weighted by molar-refractivity contribution is 6.04. The molecular weight excluding hydrogens is 388 g/mol. The molecule has 158 valence electrons. The largest absolute Gasteiger partial charge is 0.355 e. The molecule has 3 N–H and O–H groups in total. The maximum Gasteiger partial charge on any atom is 0.252 e. The van der Waals surface area contributed by atoms with Crippen LogP contribution in [0.1, 0.15) is 39.9 Å². The number of hydrogen-bond acceptors (Lipinski definition) is 4. The zero-order valence-corrected chi connectivity index (χ0v) is 18.0. The van der Waals surface area contributed by atoms with Gasteiger partial charge in [-0.3, -0.25) is 9.59 Å². The van der Waals surface area contributed by atoms with Crippen molar-refractivity contribution in [1.29, 1.82) is 0 Å². The molecule has 0 atom stereocenters. The van der Waals surface area contributed by atoms with Gasteiger partial charge < -0.3 is 16.0 Å². The number of carbonyl (C=O) groups excluding carboxylic acids is 2. The molecule has 2 amide bonds. The van der Waals surface area contributed by atoms with Crippen LogP contribution in [-0.2, 0) is 10.2 Å². The highest BCUT2D eigenvalue weighted by atomic mass is 16.2. The lowest BCUT2D eigenvalue weighted by Crippen LogP contribution is -2.28. The molecule has 1 saturated carbocycles. The Balaban J connectivity index is 1.66. The Labute approximate surface area is 182 Å². The Morgan fingerprint density at radius 3 is 2.32 bits per heavy atom. The van der Waals surface area contributed by atoms with Crippen LogP contribution in [0.5, 0.6) is 0 Å². The summed E-state index contributed by atoms with van der Waals surface area (Å²) in [6.45, 7) is 4.03.